The Morgan fingerprint density at radius 1 is 0.960 bits per heavy atom. The lowest BCUT2D eigenvalue weighted by Crippen LogP contribution is -2.03. The minimum absolute atomic E-state index is 0.120. The van der Waals surface area contributed by atoms with Crippen molar-refractivity contribution in [2.24, 2.45) is 0 Å². The van der Waals surface area contributed by atoms with Gasteiger partial charge in [0.05, 0.1) is 24.9 Å². The lowest BCUT2D eigenvalue weighted by atomic mass is 10.1. The summed E-state index contributed by atoms with van der Waals surface area (Å²) in [6.45, 7) is 0. The summed E-state index contributed by atoms with van der Waals surface area (Å²) in [5.74, 6) is 1.69. The van der Waals surface area contributed by atoms with E-state index in [1.165, 1.54) is 26.4 Å². The zero-order chi connectivity index (χ0) is 18.1. The molecule has 0 amide bonds. The van der Waals surface area contributed by atoms with Crippen molar-refractivity contribution < 1.29 is 23.7 Å². The molecule has 0 fully saturated rings. The molecule has 1 aromatic heterocycles. The Morgan fingerprint density at radius 2 is 1.64 bits per heavy atom. The van der Waals surface area contributed by atoms with Crippen LogP contribution in [0.4, 0.5) is 0 Å². The summed E-state index contributed by atoms with van der Waals surface area (Å²) in [5, 5.41) is 10.2. The summed E-state index contributed by atoms with van der Waals surface area (Å²) < 4.78 is 22.2. The van der Waals surface area contributed by atoms with Gasteiger partial charge in [-0.2, -0.15) is 0 Å². The number of rotatable bonds is 4. The van der Waals surface area contributed by atoms with Crippen LogP contribution in [0.15, 0.2) is 39.5 Å². The third-order valence-electron chi connectivity index (χ3n) is 3.78. The lowest BCUT2D eigenvalue weighted by Gasteiger charge is -2.11. The molecule has 0 aliphatic rings. The molecule has 25 heavy (non-hydrogen) atoms. The fraction of sp³-hybridized carbons (Fsp3) is 0.167. The normalized spacial score (nSPS) is 10.7. The van der Waals surface area contributed by atoms with Gasteiger partial charge in [0.15, 0.2) is 22.5 Å². The van der Waals surface area contributed by atoms with Gasteiger partial charge in [-0.05, 0) is 40.8 Å². The van der Waals surface area contributed by atoms with Gasteiger partial charge >= 0.3 is 0 Å². The highest BCUT2D eigenvalue weighted by molar-refractivity contribution is 14.1. The van der Waals surface area contributed by atoms with Gasteiger partial charge in [-0.25, -0.2) is 0 Å². The van der Waals surface area contributed by atoms with E-state index in [-0.39, 0.29) is 22.1 Å². The zero-order valence-corrected chi connectivity index (χ0v) is 15.9. The number of fused-ring (bicyclic) bond motifs is 1. The van der Waals surface area contributed by atoms with Gasteiger partial charge in [0, 0.05) is 17.7 Å². The molecule has 0 aliphatic heterocycles. The Labute approximate surface area is 157 Å². The molecule has 0 unspecified atom stereocenters. The van der Waals surface area contributed by atoms with Crippen LogP contribution >= 0.6 is 22.6 Å². The quantitative estimate of drug-likeness (QED) is 0.605. The van der Waals surface area contributed by atoms with Crippen molar-refractivity contribution in [1.82, 2.24) is 0 Å². The van der Waals surface area contributed by atoms with Crippen LogP contribution in [0.2, 0.25) is 0 Å². The summed E-state index contributed by atoms with van der Waals surface area (Å²) in [6.07, 6.45) is 0. The number of phenols is 1. The number of halogens is 1. The van der Waals surface area contributed by atoms with E-state index in [1.807, 2.05) is 22.6 Å². The third-order valence-corrected chi connectivity index (χ3v) is 4.80. The summed E-state index contributed by atoms with van der Waals surface area (Å²) >= 11 is 2.02. The van der Waals surface area contributed by atoms with Crippen molar-refractivity contribution in [2.75, 3.05) is 21.3 Å². The second-order valence-electron chi connectivity index (χ2n) is 5.16. The Bertz CT molecular complexity index is 1010. The second-order valence-corrected chi connectivity index (χ2v) is 6.24. The van der Waals surface area contributed by atoms with Gasteiger partial charge in [0.1, 0.15) is 22.6 Å². The van der Waals surface area contributed by atoms with E-state index < -0.39 is 0 Å². The molecule has 0 saturated heterocycles. The molecule has 130 valence electrons. The van der Waals surface area contributed by atoms with Gasteiger partial charge in [-0.3, -0.25) is 4.79 Å². The molecule has 1 heterocycles. The average molecular weight is 454 g/mol. The number of ether oxygens (including phenoxy) is 3. The van der Waals surface area contributed by atoms with Crippen molar-refractivity contribution >= 4 is 33.6 Å². The maximum atomic E-state index is 12.5. The van der Waals surface area contributed by atoms with E-state index in [0.717, 1.165) is 0 Å². The van der Waals surface area contributed by atoms with Crippen LogP contribution in [0.25, 0.3) is 22.3 Å². The molecule has 0 saturated carbocycles. The maximum Gasteiger partial charge on any atom is 0.197 e. The Morgan fingerprint density at radius 3 is 2.28 bits per heavy atom. The van der Waals surface area contributed by atoms with Gasteiger partial charge in [0.25, 0.3) is 0 Å². The van der Waals surface area contributed by atoms with Crippen molar-refractivity contribution in [3.63, 3.8) is 0 Å². The van der Waals surface area contributed by atoms with Crippen molar-refractivity contribution in [1.29, 1.82) is 0 Å². The summed E-state index contributed by atoms with van der Waals surface area (Å²) in [7, 11) is 4.56. The van der Waals surface area contributed by atoms with Crippen LogP contribution in [0.3, 0.4) is 0 Å². The molecule has 0 spiro atoms. The number of aromatic hydroxyl groups is 1. The minimum Gasteiger partial charge on any atom is -0.507 e. The zero-order valence-electron chi connectivity index (χ0n) is 13.8. The highest BCUT2D eigenvalue weighted by Crippen LogP contribution is 2.37. The Hall–Kier alpha value is -2.42. The monoisotopic (exact) mass is 454 g/mol. The number of hydrogen-bond acceptors (Lipinski definition) is 6. The molecule has 1 N–H and O–H groups in total. The smallest absolute Gasteiger partial charge is 0.197 e. The van der Waals surface area contributed by atoms with Crippen LogP contribution in [0, 0.1) is 3.57 Å². The molecular weight excluding hydrogens is 439 g/mol. The minimum atomic E-state index is -0.343. The molecule has 3 aromatic rings. The highest BCUT2D eigenvalue weighted by Gasteiger charge is 2.18. The third kappa shape index (κ3) is 2.99. The lowest BCUT2D eigenvalue weighted by molar-refractivity contribution is 0.355. The topological polar surface area (TPSA) is 78.1 Å². The van der Waals surface area contributed by atoms with E-state index in [9.17, 15) is 9.90 Å². The molecule has 7 heteroatoms. The van der Waals surface area contributed by atoms with Crippen molar-refractivity contribution in [3.8, 4) is 34.3 Å². The molecule has 0 bridgehead atoms. The molecule has 2 aromatic carbocycles. The number of benzene rings is 2. The van der Waals surface area contributed by atoms with Crippen LogP contribution < -0.4 is 19.6 Å². The number of hydrogen-bond donors (Lipinski definition) is 1. The molecule has 0 aliphatic carbocycles. The number of methoxy groups -OCH3 is 3. The van der Waals surface area contributed by atoms with Crippen molar-refractivity contribution in [2.45, 2.75) is 0 Å². The van der Waals surface area contributed by atoms with Crippen LogP contribution in [-0.4, -0.2) is 26.4 Å². The van der Waals surface area contributed by atoms with Gasteiger partial charge < -0.3 is 23.7 Å². The number of phenolic OH excluding ortho intramolecular Hbond substituents is 1. The van der Waals surface area contributed by atoms with E-state index in [1.54, 1.807) is 25.3 Å². The first-order valence-corrected chi connectivity index (χ1v) is 8.33. The fourth-order valence-electron chi connectivity index (χ4n) is 2.54. The molecule has 6 nitrogen and oxygen atoms in total. The van der Waals surface area contributed by atoms with E-state index >= 15 is 0 Å². The van der Waals surface area contributed by atoms with Crippen LogP contribution in [0.1, 0.15) is 0 Å². The SMILES string of the molecule is COc1ccc(-c2cc(=O)c3c(O)cc(OC)c(I)c3o2)cc1OC. The average Bonchev–Trinajstić information content (AvgIpc) is 2.63. The first-order chi connectivity index (χ1) is 12.0. The standard InChI is InChI=1S/C18H15IO6/c1-22-12-5-4-9(6-14(12)23-2)13-7-10(20)16-11(21)8-15(24-3)17(19)18(16)25-13/h4-8,21H,1-3H3. The van der Waals surface area contributed by atoms with Gasteiger partial charge in [-0.15, -0.1) is 0 Å². The fourth-order valence-corrected chi connectivity index (χ4v) is 3.30. The van der Waals surface area contributed by atoms with E-state index in [0.29, 0.717) is 32.1 Å². The van der Waals surface area contributed by atoms with Gasteiger partial charge in [0.2, 0.25) is 0 Å². The molecular formula is C18H15IO6. The predicted molar refractivity (Wildman–Crippen MR) is 102 cm³/mol. The highest BCUT2D eigenvalue weighted by atomic mass is 127. The summed E-state index contributed by atoms with van der Waals surface area (Å²) in [6, 6.07) is 7.95. The Balaban J connectivity index is 2.28. The van der Waals surface area contributed by atoms with Gasteiger partial charge in [-0.1, -0.05) is 0 Å². The van der Waals surface area contributed by atoms with Crippen LogP contribution in [0.5, 0.6) is 23.0 Å². The van der Waals surface area contributed by atoms with Crippen molar-refractivity contribution in [3.05, 3.63) is 44.1 Å². The molecule has 0 atom stereocenters. The Kier molecular flexibility index (Phi) is 4.76. The van der Waals surface area contributed by atoms with Crippen LogP contribution in [-0.2, 0) is 0 Å². The second kappa shape index (κ2) is 6.83. The predicted octanol–water partition coefficient (Wildman–Crippen LogP) is 3.80. The first-order valence-electron chi connectivity index (χ1n) is 7.25. The molecule has 0 radical (unpaired) electrons. The molecule has 3 rings (SSSR count). The largest absolute Gasteiger partial charge is 0.507 e. The first kappa shape index (κ1) is 17.4. The maximum absolute atomic E-state index is 12.5. The van der Waals surface area contributed by atoms with E-state index in [2.05, 4.69) is 0 Å². The summed E-state index contributed by atoms with van der Waals surface area (Å²) in [4.78, 5) is 12.5. The summed E-state index contributed by atoms with van der Waals surface area (Å²) in [5.41, 5.74) is 0.577. The van der Waals surface area contributed by atoms with E-state index in [4.69, 9.17) is 18.6 Å².